The lowest BCUT2D eigenvalue weighted by Crippen LogP contribution is -2.23. The Kier molecular flexibility index (Phi) is 63.4. The monoisotopic (exact) mass is 581 g/mol. The Hall–Kier alpha value is -0.480. The Labute approximate surface area is 249 Å². The molecule has 0 radical (unpaired) electrons. The van der Waals surface area contributed by atoms with E-state index < -0.39 is 0 Å². The average Bonchev–Trinajstić information content (AvgIpc) is 2.97. The van der Waals surface area contributed by atoms with Gasteiger partial charge in [-0.2, -0.15) is 0 Å². The summed E-state index contributed by atoms with van der Waals surface area (Å²) in [6.07, 6.45) is 14.4. The van der Waals surface area contributed by atoms with Gasteiger partial charge in [0.15, 0.2) is 0 Å². The van der Waals surface area contributed by atoms with E-state index in [0.717, 1.165) is 130 Å². The third kappa shape index (κ3) is 66.1. The van der Waals surface area contributed by atoms with E-state index in [4.69, 9.17) is 45.9 Å². The first-order valence-corrected chi connectivity index (χ1v) is 16.1. The lowest BCUT2D eigenvalue weighted by molar-refractivity contribution is 0.610. The highest BCUT2D eigenvalue weighted by molar-refractivity contribution is 4.51. The SMILES string of the molecule is NCCCCCNCCN.NCCCCCNCCN.NCCCCCNCCN.NCCCCCNCCN. The Morgan fingerprint density at radius 2 is 0.400 bits per heavy atom. The van der Waals surface area contributed by atoms with Crippen LogP contribution >= 0.6 is 0 Å². The van der Waals surface area contributed by atoms with Gasteiger partial charge < -0.3 is 67.1 Å². The molecule has 248 valence electrons. The summed E-state index contributed by atoms with van der Waals surface area (Å²) in [6, 6.07) is 0. The molecule has 0 fully saturated rings. The maximum atomic E-state index is 5.33. The molecule has 0 aliphatic carbocycles. The number of hydrogen-bond donors (Lipinski definition) is 12. The van der Waals surface area contributed by atoms with Gasteiger partial charge in [-0.1, -0.05) is 25.7 Å². The predicted octanol–water partition coefficient (Wildman–Crippen LogP) is -1.35. The smallest absolute Gasteiger partial charge is 0.00745 e. The highest BCUT2D eigenvalue weighted by Gasteiger charge is 1.88. The maximum absolute atomic E-state index is 5.33. The topological polar surface area (TPSA) is 256 Å². The minimum Gasteiger partial charge on any atom is -0.330 e. The number of rotatable bonds is 28. The van der Waals surface area contributed by atoms with Crippen LogP contribution < -0.4 is 67.1 Å². The summed E-state index contributed by atoms with van der Waals surface area (Å²) in [7, 11) is 0. The fraction of sp³-hybridized carbons (Fsp3) is 1.00. The molecule has 0 aliphatic heterocycles. The second-order valence-electron chi connectivity index (χ2n) is 9.55. The molecule has 40 heavy (non-hydrogen) atoms. The third-order valence-corrected chi connectivity index (χ3v) is 5.52. The Bertz CT molecular complexity index is 259. The van der Waals surface area contributed by atoms with Gasteiger partial charge in [0.1, 0.15) is 0 Å². The number of hydrogen-bond acceptors (Lipinski definition) is 12. The van der Waals surface area contributed by atoms with E-state index in [1.54, 1.807) is 0 Å². The van der Waals surface area contributed by atoms with Crippen molar-refractivity contribution in [3.8, 4) is 0 Å². The first-order chi connectivity index (χ1) is 19.7. The summed E-state index contributed by atoms with van der Waals surface area (Å²) in [5.74, 6) is 0. The van der Waals surface area contributed by atoms with Gasteiger partial charge in [-0.05, 0) is 104 Å². The maximum Gasteiger partial charge on any atom is 0.00745 e. The molecule has 0 amide bonds. The molecule has 20 N–H and O–H groups in total. The van der Waals surface area contributed by atoms with Crippen molar-refractivity contribution in [1.82, 2.24) is 21.3 Å². The van der Waals surface area contributed by atoms with E-state index in [0.29, 0.717) is 0 Å². The van der Waals surface area contributed by atoms with Crippen molar-refractivity contribution in [1.29, 1.82) is 0 Å². The average molecular weight is 581 g/mol. The molecule has 0 unspecified atom stereocenters. The van der Waals surface area contributed by atoms with E-state index >= 15 is 0 Å². The van der Waals surface area contributed by atoms with Crippen molar-refractivity contribution in [2.45, 2.75) is 77.0 Å². The van der Waals surface area contributed by atoms with E-state index in [1.165, 1.54) is 51.4 Å². The number of unbranched alkanes of at least 4 members (excludes halogenated alkanes) is 8. The van der Waals surface area contributed by atoms with Crippen LogP contribution in [0.4, 0.5) is 0 Å². The highest BCUT2D eigenvalue weighted by Crippen LogP contribution is 1.92. The molecule has 0 saturated heterocycles. The molecule has 0 aromatic rings. The van der Waals surface area contributed by atoms with Gasteiger partial charge in [0, 0.05) is 52.4 Å². The van der Waals surface area contributed by atoms with Crippen LogP contribution in [0, 0.1) is 0 Å². The van der Waals surface area contributed by atoms with Crippen molar-refractivity contribution in [3.63, 3.8) is 0 Å². The van der Waals surface area contributed by atoms with Gasteiger partial charge in [-0.25, -0.2) is 0 Å². The minimum absolute atomic E-state index is 0.733. The number of nitrogens with one attached hydrogen (secondary N) is 4. The summed E-state index contributed by atoms with van der Waals surface area (Å²) in [5.41, 5.74) is 42.5. The molecule has 0 heterocycles. The third-order valence-electron chi connectivity index (χ3n) is 5.52. The van der Waals surface area contributed by atoms with Crippen LogP contribution in [0.25, 0.3) is 0 Å². The summed E-state index contributed by atoms with van der Waals surface area (Å²) < 4.78 is 0. The van der Waals surface area contributed by atoms with Crippen molar-refractivity contribution >= 4 is 0 Å². The Balaban J connectivity index is -0.000000216. The fourth-order valence-corrected chi connectivity index (χ4v) is 3.19. The van der Waals surface area contributed by atoms with Crippen LogP contribution in [0.3, 0.4) is 0 Å². The number of nitrogens with two attached hydrogens (primary N) is 8. The zero-order valence-corrected chi connectivity index (χ0v) is 26.4. The van der Waals surface area contributed by atoms with Gasteiger partial charge in [0.25, 0.3) is 0 Å². The molecule has 0 aromatic heterocycles. The molecular weight excluding hydrogens is 504 g/mol. The summed E-state index contributed by atoms with van der Waals surface area (Å²) >= 11 is 0. The molecular formula is C28H76N12. The predicted molar refractivity (Wildman–Crippen MR) is 179 cm³/mol. The van der Waals surface area contributed by atoms with Crippen LogP contribution in [0.2, 0.25) is 0 Å². The largest absolute Gasteiger partial charge is 0.330 e. The minimum atomic E-state index is 0.733. The van der Waals surface area contributed by atoms with Crippen LogP contribution in [-0.4, -0.2) is 105 Å². The van der Waals surface area contributed by atoms with Crippen molar-refractivity contribution in [2.75, 3.05) is 105 Å². The molecule has 12 heteroatoms. The summed E-state index contributed by atoms with van der Waals surface area (Å²) in [5, 5.41) is 12.9. The van der Waals surface area contributed by atoms with E-state index in [-0.39, 0.29) is 0 Å². The quantitative estimate of drug-likeness (QED) is 0.0480. The second kappa shape index (κ2) is 54.6. The molecule has 0 aromatic carbocycles. The van der Waals surface area contributed by atoms with E-state index in [1.807, 2.05) is 0 Å². The first kappa shape index (κ1) is 46.5. The van der Waals surface area contributed by atoms with Gasteiger partial charge in [-0.15, -0.1) is 0 Å². The lowest BCUT2D eigenvalue weighted by Gasteiger charge is -2.00. The summed E-state index contributed by atoms with van der Waals surface area (Å²) in [6.45, 7) is 14.3. The lowest BCUT2D eigenvalue weighted by atomic mass is 10.2. The molecule has 0 atom stereocenters. The molecule has 0 saturated carbocycles. The normalized spacial score (nSPS) is 10.2. The van der Waals surface area contributed by atoms with Crippen molar-refractivity contribution in [2.24, 2.45) is 45.9 Å². The van der Waals surface area contributed by atoms with Crippen LogP contribution in [0.15, 0.2) is 0 Å². The Morgan fingerprint density at radius 3 is 0.550 bits per heavy atom. The Morgan fingerprint density at radius 1 is 0.200 bits per heavy atom. The molecule has 12 nitrogen and oxygen atoms in total. The molecule has 0 bridgehead atoms. The second-order valence-corrected chi connectivity index (χ2v) is 9.55. The van der Waals surface area contributed by atoms with Gasteiger partial charge >= 0.3 is 0 Å². The van der Waals surface area contributed by atoms with E-state index in [2.05, 4.69) is 21.3 Å². The molecule has 0 spiro atoms. The zero-order valence-electron chi connectivity index (χ0n) is 26.4. The zero-order chi connectivity index (χ0) is 30.6. The standard InChI is InChI=1S/4C7H19N3/c4*8-4-2-1-3-6-10-7-5-9/h4*10H,1-9H2. The summed E-state index contributed by atoms with van der Waals surface area (Å²) in [4.78, 5) is 0. The van der Waals surface area contributed by atoms with Gasteiger partial charge in [-0.3, -0.25) is 0 Å². The van der Waals surface area contributed by atoms with Gasteiger partial charge in [0.05, 0.1) is 0 Å². The van der Waals surface area contributed by atoms with Gasteiger partial charge in [0.2, 0.25) is 0 Å². The van der Waals surface area contributed by atoms with E-state index in [9.17, 15) is 0 Å². The fourth-order valence-electron chi connectivity index (χ4n) is 3.19. The van der Waals surface area contributed by atoms with Crippen molar-refractivity contribution in [3.05, 3.63) is 0 Å². The molecule has 0 aliphatic rings. The van der Waals surface area contributed by atoms with Crippen LogP contribution in [0.5, 0.6) is 0 Å². The first-order valence-electron chi connectivity index (χ1n) is 16.1. The van der Waals surface area contributed by atoms with Crippen LogP contribution in [0.1, 0.15) is 77.0 Å². The highest BCUT2D eigenvalue weighted by atomic mass is 14.9. The van der Waals surface area contributed by atoms with Crippen molar-refractivity contribution < 1.29 is 0 Å². The van der Waals surface area contributed by atoms with Crippen LogP contribution in [-0.2, 0) is 0 Å². The molecule has 0 rings (SSSR count).